The number of fused-ring (bicyclic) bond motifs is 6. The summed E-state index contributed by atoms with van der Waals surface area (Å²) in [5.74, 6) is 0. The van der Waals surface area contributed by atoms with E-state index in [0.717, 1.165) is 22.3 Å². The number of hydrogen-bond acceptors (Lipinski definition) is 3. The van der Waals surface area contributed by atoms with Crippen molar-refractivity contribution in [2.45, 2.75) is 0 Å². The van der Waals surface area contributed by atoms with Crippen LogP contribution in [0.3, 0.4) is 0 Å². The van der Waals surface area contributed by atoms with Crippen molar-refractivity contribution in [2.75, 3.05) is 0 Å². The minimum Gasteiger partial charge on any atom is -0.192 e. The minimum atomic E-state index is 0.674. The van der Waals surface area contributed by atoms with E-state index in [1.807, 2.05) is 40.9 Å². The zero-order valence-electron chi connectivity index (χ0n) is 24.7. The number of rotatable bonds is 4. The maximum atomic E-state index is 10.1. The molecule has 9 rings (SSSR count). The van der Waals surface area contributed by atoms with Crippen molar-refractivity contribution in [3.63, 3.8) is 0 Å². The molecule has 0 bridgehead atoms. The molecule has 0 saturated heterocycles. The Morgan fingerprint density at radius 2 is 0.935 bits per heavy atom. The second kappa shape index (κ2) is 10.8. The molecule has 0 amide bonds. The first-order valence-corrected chi connectivity index (χ1v) is 17.0. The first-order valence-electron chi connectivity index (χ1n) is 15.3. The molecule has 0 aliphatic carbocycles. The monoisotopic (exact) mass is 619 g/mol. The zero-order valence-corrected chi connectivity index (χ0v) is 26.3. The number of nitriles is 1. The Bertz CT molecular complexity index is 2670. The lowest BCUT2D eigenvalue weighted by Crippen LogP contribution is -1.92. The standard InChI is InChI=1S/C43H25NS2/c44-26-29-10-1-2-11-30(29)33-12-3-4-13-34(33)37-24-28(32-16-9-19-42-43(32)36-15-6-8-18-40(36)46-42)20-22-31(37)27-21-23-41-38(25-27)35-14-5-7-17-39(35)45-41/h1-25H. The van der Waals surface area contributed by atoms with Crippen molar-refractivity contribution in [1.82, 2.24) is 0 Å². The molecule has 2 aromatic heterocycles. The number of thiophene rings is 2. The topological polar surface area (TPSA) is 23.8 Å². The molecule has 2 heterocycles. The van der Waals surface area contributed by atoms with Crippen LogP contribution in [0.2, 0.25) is 0 Å². The van der Waals surface area contributed by atoms with Gasteiger partial charge in [-0.15, -0.1) is 22.7 Å². The Balaban J connectivity index is 1.33. The molecule has 0 aliphatic rings. The van der Waals surface area contributed by atoms with E-state index in [1.54, 1.807) is 0 Å². The molecule has 0 fully saturated rings. The van der Waals surface area contributed by atoms with Gasteiger partial charge in [-0.2, -0.15) is 5.26 Å². The van der Waals surface area contributed by atoms with Crippen molar-refractivity contribution in [3.8, 4) is 50.6 Å². The summed E-state index contributed by atoms with van der Waals surface area (Å²) in [5, 5.41) is 15.2. The lowest BCUT2D eigenvalue weighted by molar-refractivity contribution is 1.47. The van der Waals surface area contributed by atoms with Gasteiger partial charge in [-0.05, 0) is 81.4 Å². The van der Waals surface area contributed by atoms with Gasteiger partial charge in [0.05, 0.1) is 11.6 Å². The number of benzene rings is 7. The van der Waals surface area contributed by atoms with E-state index in [2.05, 4.69) is 140 Å². The number of nitrogens with zero attached hydrogens (tertiary/aromatic N) is 1. The Labute approximate surface area is 274 Å². The molecule has 46 heavy (non-hydrogen) atoms. The Hall–Kier alpha value is -5.53. The highest BCUT2D eigenvalue weighted by Gasteiger charge is 2.18. The maximum Gasteiger partial charge on any atom is 0.0998 e. The van der Waals surface area contributed by atoms with Crippen molar-refractivity contribution in [1.29, 1.82) is 5.26 Å². The molecule has 0 radical (unpaired) electrons. The molecule has 7 aromatic carbocycles. The quantitative estimate of drug-likeness (QED) is 0.192. The van der Waals surface area contributed by atoms with Crippen molar-refractivity contribution < 1.29 is 0 Å². The fourth-order valence-corrected chi connectivity index (χ4v) is 9.08. The van der Waals surface area contributed by atoms with Gasteiger partial charge in [0.25, 0.3) is 0 Å². The first kappa shape index (κ1) is 26.8. The van der Waals surface area contributed by atoms with Gasteiger partial charge in [0.15, 0.2) is 0 Å². The van der Waals surface area contributed by atoms with Crippen LogP contribution in [0.1, 0.15) is 5.56 Å². The van der Waals surface area contributed by atoms with E-state index in [-0.39, 0.29) is 0 Å². The second-order valence-electron chi connectivity index (χ2n) is 11.5. The lowest BCUT2D eigenvalue weighted by atomic mass is 9.86. The van der Waals surface area contributed by atoms with E-state index in [1.165, 1.54) is 62.6 Å². The van der Waals surface area contributed by atoms with Crippen molar-refractivity contribution >= 4 is 63.0 Å². The third-order valence-electron chi connectivity index (χ3n) is 8.98. The predicted octanol–water partition coefficient (Wildman–Crippen LogP) is 13.0. The fraction of sp³-hybridized carbons (Fsp3) is 0. The Kier molecular flexibility index (Phi) is 6.31. The molecule has 0 unspecified atom stereocenters. The van der Waals surface area contributed by atoms with Crippen LogP contribution < -0.4 is 0 Å². The number of hydrogen-bond donors (Lipinski definition) is 0. The van der Waals surface area contributed by atoms with Crippen LogP contribution in [0.5, 0.6) is 0 Å². The molecule has 0 atom stereocenters. The Morgan fingerprint density at radius 3 is 1.76 bits per heavy atom. The minimum absolute atomic E-state index is 0.674. The summed E-state index contributed by atoms with van der Waals surface area (Å²) >= 11 is 3.69. The molecule has 9 aromatic rings. The molecular formula is C43H25NS2. The van der Waals surface area contributed by atoms with Crippen LogP contribution in [-0.4, -0.2) is 0 Å². The van der Waals surface area contributed by atoms with Gasteiger partial charge in [-0.3, -0.25) is 0 Å². The van der Waals surface area contributed by atoms with Crippen molar-refractivity contribution in [2.24, 2.45) is 0 Å². The average Bonchev–Trinajstić information content (AvgIpc) is 3.69. The molecule has 214 valence electrons. The predicted molar refractivity (Wildman–Crippen MR) is 199 cm³/mol. The fourth-order valence-electron chi connectivity index (χ4n) is 6.86. The van der Waals surface area contributed by atoms with Gasteiger partial charge < -0.3 is 0 Å². The van der Waals surface area contributed by atoms with Crippen LogP contribution in [0, 0.1) is 11.3 Å². The molecular weight excluding hydrogens is 595 g/mol. The van der Waals surface area contributed by atoms with E-state index in [9.17, 15) is 5.26 Å². The van der Waals surface area contributed by atoms with Crippen LogP contribution in [0.4, 0.5) is 0 Å². The molecule has 0 aliphatic heterocycles. The summed E-state index contributed by atoms with van der Waals surface area (Å²) in [7, 11) is 0. The smallest absolute Gasteiger partial charge is 0.0998 e. The van der Waals surface area contributed by atoms with Gasteiger partial charge in [-0.1, -0.05) is 109 Å². The molecule has 3 heteroatoms. The summed E-state index contributed by atoms with van der Waals surface area (Å²) in [5.41, 5.74) is 9.70. The molecule has 1 nitrogen and oxygen atoms in total. The zero-order chi connectivity index (χ0) is 30.6. The van der Waals surface area contributed by atoms with E-state index in [4.69, 9.17) is 0 Å². The normalized spacial score (nSPS) is 11.5. The Morgan fingerprint density at radius 1 is 0.370 bits per heavy atom. The largest absolute Gasteiger partial charge is 0.192 e. The second-order valence-corrected chi connectivity index (χ2v) is 13.7. The summed E-state index contributed by atoms with van der Waals surface area (Å²) in [6, 6.07) is 56.7. The third-order valence-corrected chi connectivity index (χ3v) is 11.3. The molecule has 0 saturated carbocycles. The molecule has 0 N–H and O–H groups in total. The van der Waals surface area contributed by atoms with Crippen molar-refractivity contribution in [3.05, 3.63) is 157 Å². The molecule has 0 spiro atoms. The third kappa shape index (κ3) is 4.27. The first-order chi connectivity index (χ1) is 22.8. The van der Waals surface area contributed by atoms with Crippen LogP contribution >= 0.6 is 22.7 Å². The average molecular weight is 620 g/mol. The van der Waals surface area contributed by atoms with Gasteiger partial charge in [0, 0.05) is 45.9 Å². The van der Waals surface area contributed by atoms with E-state index < -0.39 is 0 Å². The van der Waals surface area contributed by atoms with Crippen LogP contribution in [-0.2, 0) is 0 Å². The van der Waals surface area contributed by atoms with Gasteiger partial charge in [0.1, 0.15) is 0 Å². The lowest BCUT2D eigenvalue weighted by Gasteiger charge is -2.18. The maximum absolute atomic E-state index is 10.1. The van der Waals surface area contributed by atoms with E-state index >= 15 is 0 Å². The SMILES string of the molecule is N#Cc1ccccc1-c1ccccc1-c1cc(-c2cccc3sc4ccccc4c23)ccc1-c1ccc2sc3ccccc3c2c1. The highest BCUT2D eigenvalue weighted by Crippen LogP contribution is 2.45. The highest BCUT2D eigenvalue weighted by molar-refractivity contribution is 7.26. The van der Waals surface area contributed by atoms with E-state index in [0.29, 0.717) is 5.56 Å². The van der Waals surface area contributed by atoms with Gasteiger partial charge >= 0.3 is 0 Å². The van der Waals surface area contributed by atoms with Crippen LogP contribution in [0.15, 0.2) is 152 Å². The van der Waals surface area contributed by atoms with Gasteiger partial charge in [-0.25, -0.2) is 0 Å². The summed E-state index contributed by atoms with van der Waals surface area (Å²) < 4.78 is 5.20. The highest BCUT2D eigenvalue weighted by atomic mass is 32.1. The summed E-state index contributed by atoms with van der Waals surface area (Å²) in [6.07, 6.45) is 0. The van der Waals surface area contributed by atoms with Gasteiger partial charge in [0.2, 0.25) is 0 Å². The summed E-state index contributed by atoms with van der Waals surface area (Å²) in [6.45, 7) is 0. The van der Waals surface area contributed by atoms with Crippen LogP contribution in [0.25, 0.3) is 84.9 Å². The summed E-state index contributed by atoms with van der Waals surface area (Å²) in [4.78, 5) is 0.